The van der Waals surface area contributed by atoms with Crippen molar-refractivity contribution < 1.29 is 9.72 Å². The fraction of sp³-hybridized carbons (Fsp3) is 0.308. The number of benzene rings is 1. The summed E-state index contributed by atoms with van der Waals surface area (Å²) in [7, 11) is 0. The summed E-state index contributed by atoms with van der Waals surface area (Å²) in [5, 5.41) is 11.0. The molecular formula is C13H13NO3. The van der Waals surface area contributed by atoms with Gasteiger partial charge in [-0.1, -0.05) is 12.1 Å². The van der Waals surface area contributed by atoms with Crippen LogP contribution in [0.2, 0.25) is 0 Å². The molecule has 88 valence electrons. The molecule has 1 aliphatic carbocycles. The molecule has 0 unspecified atom stereocenters. The van der Waals surface area contributed by atoms with Crippen molar-refractivity contribution in [2.75, 3.05) is 0 Å². The van der Waals surface area contributed by atoms with Gasteiger partial charge in [-0.2, -0.15) is 0 Å². The molecule has 2 rings (SSSR count). The highest BCUT2D eigenvalue weighted by atomic mass is 16.6. The van der Waals surface area contributed by atoms with E-state index in [2.05, 4.69) is 0 Å². The average molecular weight is 231 g/mol. The van der Waals surface area contributed by atoms with Gasteiger partial charge in [0.05, 0.1) is 10.5 Å². The van der Waals surface area contributed by atoms with E-state index in [1.807, 2.05) is 0 Å². The van der Waals surface area contributed by atoms with Crippen molar-refractivity contribution in [3.63, 3.8) is 0 Å². The fourth-order valence-electron chi connectivity index (χ4n) is 2.25. The van der Waals surface area contributed by atoms with E-state index in [0.29, 0.717) is 11.1 Å². The van der Waals surface area contributed by atoms with Gasteiger partial charge in [0.1, 0.15) is 6.29 Å². The zero-order valence-electron chi connectivity index (χ0n) is 9.39. The number of rotatable bonds is 3. The molecule has 0 N–H and O–H groups in total. The number of allylic oxidation sites excluding steroid dienone is 2. The second-order valence-electron chi connectivity index (χ2n) is 4.10. The number of carbonyl (C=O) groups is 1. The van der Waals surface area contributed by atoms with Crippen LogP contribution in [-0.4, -0.2) is 11.2 Å². The molecule has 0 aromatic heterocycles. The number of nitrogens with zero attached hydrogens (tertiary/aromatic N) is 1. The summed E-state index contributed by atoms with van der Waals surface area (Å²) >= 11 is 0. The normalized spacial score (nSPS) is 15.8. The topological polar surface area (TPSA) is 60.2 Å². The van der Waals surface area contributed by atoms with Crippen LogP contribution in [0.25, 0.3) is 5.57 Å². The summed E-state index contributed by atoms with van der Waals surface area (Å²) in [5.74, 6) is 0. The second-order valence-corrected chi connectivity index (χ2v) is 4.10. The van der Waals surface area contributed by atoms with Crippen molar-refractivity contribution in [1.82, 2.24) is 0 Å². The number of nitro groups is 1. The summed E-state index contributed by atoms with van der Waals surface area (Å²) in [4.78, 5) is 21.6. The Morgan fingerprint density at radius 1 is 1.18 bits per heavy atom. The first-order valence-electron chi connectivity index (χ1n) is 5.65. The van der Waals surface area contributed by atoms with E-state index in [4.69, 9.17) is 0 Å². The van der Waals surface area contributed by atoms with E-state index in [1.54, 1.807) is 18.2 Å². The minimum atomic E-state index is -0.390. The maximum absolute atomic E-state index is 11.0. The Hall–Kier alpha value is -1.97. The van der Waals surface area contributed by atoms with Gasteiger partial charge in [0.25, 0.3) is 5.69 Å². The molecule has 0 saturated heterocycles. The number of nitro benzene ring substituents is 1. The third-order valence-corrected chi connectivity index (χ3v) is 3.08. The minimum absolute atomic E-state index is 0.0868. The molecule has 1 aromatic rings. The maximum Gasteiger partial charge on any atom is 0.276 e. The summed E-state index contributed by atoms with van der Waals surface area (Å²) in [6.45, 7) is 0. The Balaban J connectivity index is 2.56. The lowest BCUT2D eigenvalue weighted by Gasteiger charge is -2.16. The lowest BCUT2D eigenvalue weighted by atomic mass is 9.87. The van der Waals surface area contributed by atoms with Gasteiger partial charge >= 0.3 is 0 Å². The van der Waals surface area contributed by atoms with Gasteiger partial charge in [0.15, 0.2) is 0 Å². The zero-order chi connectivity index (χ0) is 12.3. The van der Waals surface area contributed by atoms with Crippen molar-refractivity contribution in [2.45, 2.75) is 25.7 Å². The van der Waals surface area contributed by atoms with Gasteiger partial charge in [0, 0.05) is 6.07 Å². The Kier molecular flexibility index (Phi) is 3.32. The monoisotopic (exact) mass is 231 g/mol. The highest BCUT2D eigenvalue weighted by molar-refractivity contribution is 5.90. The molecule has 4 nitrogen and oxygen atoms in total. The molecule has 17 heavy (non-hydrogen) atoms. The Morgan fingerprint density at radius 3 is 2.59 bits per heavy atom. The molecular weight excluding hydrogens is 218 g/mol. The Morgan fingerprint density at radius 2 is 1.88 bits per heavy atom. The van der Waals surface area contributed by atoms with Crippen LogP contribution in [0.1, 0.15) is 31.2 Å². The van der Waals surface area contributed by atoms with Gasteiger partial charge in [-0.25, -0.2) is 0 Å². The molecule has 0 saturated carbocycles. The van der Waals surface area contributed by atoms with E-state index in [-0.39, 0.29) is 10.6 Å². The van der Waals surface area contributed by atoms with E-state index in [0.717, 1.165) is 37.5 Å². The van der Waals surface area contributed by atoms with Crippen LogP contribution in [-0.2, 0) is 4.79 Å². The molecule has 1 aliphatic rings. The Labute approximate surface area is 99.1 Å². The van der Waals surface area contributed by atoms with Crippen LogP contribution in [0.5, 0.6) is 0 Å². The van der Waals surface area contributed by atoms with Crippen LogP contribution >= 0.6 is 0 Å². The third-order valence-electron chi connectivity index (χ3n) is 3.08. The number of hydrogen-bond acceptors (Lipinski definition) is 3. The molecule has 0 amide bonds. The number of aldehydes is 1. The van der Waals surface area contributed by atoms with Gasteiger partial charge in [0.2, 0.25) is 0 Å². The second kappa shape index (κ2) is 4.91. The number of hydrogen-bond donors (Lipinski definition) is 0. The zero-order valence-corrected chi connectivity index (χ0v) is 9.39. The van der Waals surface area contributed by atoms with Crippen molar-refractivity contribution in [3.8, 4) is 0 Å². The van der Waals surface area contributed by atoms with Gasteiger partial charge in [-0.3, -0.25) is 14.9 Å². The minimum Gasteiger partial charge on any atom is -0.298 e. The van der Waals surface area contributed by atoms with Gasteiger partial charge in [-0.15, -0.1) is 0 Å². The smallest absolute Gasteiger partial charge is 0.276 e. The largest absolute Gasteiger partial charge is 0.298 e. The van der Waals surface area contributed by atoms with Gasteiger partial charge < -0.3 is 0 Å². The number of para-hydroxylation sites is 1. The van der Waals surface area contributed by atoms with Crippen LogP contribution in [0, 0.1) is 10.1 Å². The predicted octanol–water partition coefficient (Wildman–Crippen LogP) is 3.12. The number of carbonyl (C=O) groups excluding carboxylic acids is 1. The van der Waals surface area contributed by atoms with Crippen LogP contribution in [0.3, 0.4) is 0 Å². The highest BCUT2D eigenvalue weighted by Gasteiger charge is 2.21. The van der Waals surface area contributed by atoms with E-state index < -0.39 is 0 Å². The first-order chi connectivity index (χ1) is 8.24. The van der Waals surface area contributed by atoms with E-state index >= 15 is 0 Å². The molecule has 4 heteroatoms. The maximum atomic E-state index is 11.0. The van der Waals surface area contributed by atoms with E-state index in [9.17, 15) is 14.9 Å². The molecule has 1 aromatic carbocycles. The molecule has 0 bridgehead atoms. The quantitative estimate of drug-likeness (QED) is 0.456. The summed E-state index contributed by atoms with van der Waals surface area (Å²) in [6.07, 6.45) is 4.28. The molecule has 0 aliphatic heterocycles. The Bertz CT molecular complexity index is 491. The van der Waals surface area contributed by atoms with Crippen LogP contribution in [0.15, 0.2) is 29.8 Å². The molecule has 0 spiro atoms. The van der Waals surface area contributed by atoms with E-state index in [1.165, 1.54) is 6.07 Å². The van der Waals surface area contributed by atoms with Gasteiger partial charge in [-0.05, 0) is 42.9 Å². The summed E-state index contributed by atoms with van der Waals surface area (Å²) in [6, 6.07) is 6.62. The predicted molar refractivity (Wildman–Crippen MR) is 64.5 cm³/mol. The lowest BCUT2D eigenvalue weighted by molar-refractivity contribution is -0.385. The lowest BCUT2D eigenvalue weighted by Crippen LogP contribution is -2.03. The highest BCUT2D eigenvalue weighted by Crippen LogP contribution is 2.35. The van der Waals surface area contributed by atoms with Crippen molar-refractivity contribution in [2.24, 2.45) is 0 Å². The van der Waals surface area contributed by atoms with Crippen LogP contribution < -0.4 is 0 Å². The molecule has 0 radical (unpaired) electrons. The van der Waals surface area contributed by atoms with Crippen molar-refractivity contribution in [3.05, 3.63) is 45.5 Å². The third kappa shape index (κ3) is 2.25. The fourth-order valence-corrected chi connectivity index (χ4v) is 2.25. The molecule has 0 fully saturated rings. The first kappa shape index (κ1) is 11.5. The van der Waals surface area contributed by atoms with Crippen LogP contribution in [0.4, 0.5) is 5.69 Å². The summed E-state index contributed by atoms with van der Waals surface area (Å²) < 4.78 is 0. The average Bonchev–Trinajstić information content (AvgIpc) is 2.38. The summed E-state index contributed by atoms with van der Waals surface area (Å²) in [5.41, 5.74) is 2.24. The first-order valence-corrected chi connectivity index (χ1v) is 5.65. The molecule has 0 heterocycles. The van der Waals surface area contributed by atoms with Crippen molar-refractivity contribution in [1.29, 1.82) is 0 Å². The molecule has 0 atom stereocenters. The van der Waals surface area contributed by atoms with Crippen molar-refractivity contribution >= 4 is 17.5 Å². The standard InChI is InChI=1S/C13H13NO3/c15-9-10-5-1-2-6-11(10)12-7-3-4-8-13(12)14(16)17/h3-4,7-9H,1-2,5-6H2. The SMILES string of the molecule is O=CC1=C(c2ccccc2[N+](=O)[O-])CCCC1.